The Bertz CT molecular complexity index is 590. The van der Waals surface area contributed by atoms with Gasteiger partial charge in [0.05, 0.1) is 16.6 Å². The Labute approximate surface area is 132 Å². The Morgan fingerprint density at radius 1 is 1.50 bits per heavy atom. The maximum Gasteiger partial charge on any atom is 0.243 e. The molecule has 0 saturated carbocycles. The molecule has 4 nitrogen and oxygen atoms in total. The van der Waals surface area contributed by atoms with Gasteiger partial charge in [-0.15, -0.1) is 35.1 Å². The number of rotatable bonds is 3. The minimum Gasteiger partial charge on any atom is -0.306 e. The van der Waals surface area contributed by atoms with E-state index in [4.69, 9.17) is 0 Å². The molecule has 0 radical (unpaired) electrons. The predicted molar refractivity (Wildman–Crippen MR) is 87.1 cm³/mol. The Kier molecular flexibility index (Phi) is 5.15. The number of nitrogens with zero attached hydrogens (tertiary/aromatic N) is 1. The number of aryl methyl sites for hydroxylation is 1. The van der Waals surface area contributed by atoms with Crippen molar-refractivity contribution in [1.82, 2.24) is 10.3 Å². The van der Waals surface area contributed by atoms with Gasteiger partial charge in [-0.25, -0.2) is 4.98 Å². The molecule has 1 aliphatic rings. The highest BCUT2D eigenvalue weighted by Crippen LogP contribution is 2.30. The number of thiophene rings is 1. The third kappa shape index (κ3) is 3.38. The number of halogens is 1. The zero-order valence-corrected chi connectivity index (χ0v) is 13.5. The van der Waals surface area contributed by atoms with Gasteiger partial charge in [-0.2, -0.15) is 0 Å². The molecule has 108 valence electrons. The van der Waals surface area contributed by atoms with E-state index in [1.165, 1.54) is 16.2 Å². The van der Waals surface area contributed by atoms with Crippen LogP contribution in [-0.2, 0) is 4.79 Å². The number of aromatic nitrogens is 1. The summed E-state index contributed by atoms with van der Waals surface area (Å²) in [6.45, 7) is 3.00. The molecule has 1 unspecified atom stereocenters. The largest absolute Gasteiger partial charge is 0.306 e. The Morgan fingerprint density at radius 3 is 3.00 bits per heavy atom. The molecule has 20 heavy (non-hydrogen) atoms. The van der Waals surface area contributed by atoms with Crippen LogP contribution in [0.2, 0.25) is 0 Å². The van der Waals surface area contributed by atoms with Crippen molar-refractivity contribution in [3.8, 4) is 10.6 Å². The average molecular weight is 330 g/mol. The van der Waals surface area contributed by atoms with Crippen molar-refractivity contribution in [3.63, 3.8) is 0 Å². The average Bonchev–Trinajstić information content (AvgIpc) is 3.07. The normalized spacial score (nSPS) is 17.8. The summed E-state index contributed by atoms with van der Waals surface area (Å²) in [6, 6.07) is 4.09. The fourth-order valence-corrected chi connectivity index (χ4v) is 3.73. The Hall–Kier alpha value is -0.950. The van der Waals surface area contributed by atoms with Crippen LogP contribution in [0.3, 0.4) is 0 Å². The quantitative estimate of drug-likeness (QED) is 0.908. The number of amides is 1. The van der Waals surface area contributed by atoms with Crippen LogP contribution < -0.4 is 10.6 Å². The molecule has 0 aliphatic carbocycles. The van der Waals surface area contributed by atoms with Crippen LogP contribution in [0.1, 0.15) is 17.7 Å². The summed E-state index contributed by atoms with van der Waals surface area (Å²) in [4.78, 5) is 18.8. The molecule has 7 heteroatoms. The standard InChI is InChI=1S/C13H15N3OS2.ClH/c1-8-4-5-11(19-8)10-7-18-13(15-10)16-12(17)9-3-2-6-14-9;/h4-5,7,9,14H,2-3,6H2,1H3,(H,15,16,17);1H. The SMILES string of the molecule is Cc1ccc(-c2csc(NC(=O)C3CCCN3)n2)s1.Cl. The van der Waals surface area contributed by atoms with E-state index in [2.05, 4.69) is 34.7 Å². The fourth-order valence-electron chi connectivity index (χ4n) is 2.12. The molecule has 2 aromatic heterocycles. The summed E-state index contributed by atoms with van der Waals surface area (Å²) < 4.78 is 0. The Balaban J connectivity index is 0.00000147. The molecule has 1 saturated heterocycles. The second-order valence-corrected chi connectivity index (χ2v) is 6.73. The molecular weight excluding hydrogens is 314 g/mol. The fraction of sp³-hybridized carbons (Fsp3) is 0.385. The third-order valence-electron chi connectivity index (χ3n) is 3.10. The van der Waals surface area contributed by atoms with E-state index in [-0.39, 0.29) is 24.4 Å². The molecule has 1 atom stereocenters. The van der Waals surface area contributed by atoms with Crippen LogP contribution in [-0.4, -0.2) is 23.5 Å². The maximum absolute atomic E-state index is 12.0. The molecule has 2 aromatic rings. The van der Waals surface area contributed by atoms with Gasteiger partial charge in [0.15, 0.2) is 5.13 Å². The number of carbonyl (C=O) groups excluding carboxylic acids is 1. The number of hydrogen-bond acceptors (Lipinski definition) is 5. The first-order valence-corrected chi connectivity index (χ1v) is 7.98. The lowest BCUT2D eigenvalue weighted by Gasteiger charge is -2.08. The van der Waals surface area contributed by atoms with E-state index in [0.29, 0.717) is 5.13 Å². The molecule has 0 spiro atoms. The summed E-state index contributed by atoms with van der Waals surface area (Å²) in [7, 11) is 0. The van der Waals surface area contributed by atoms with E-state index < -0.39 is 0 Å². The van der Waals surface area contributed by atoms with Crippen LogP contribution in [0.5, 0.6) is 0 Å². The van der Waals surface area contributed by atoms with E-state index in [0.717, 1.165) is 30.0 Å². The zero-order chi connectivity index (χ0) is 13.2. The van der Waals surface area contributed by atoms with Gasteiger partial charge >= 0.3 is 0 Å². The lowest BCUT2D eigenvalue weighted by Crippen LogP contribution is -2.35. The van der Waals surface area contributed by atoms with Gasteiger partial charge in [-0.3, -0.25) is 4.79 Å². The molecule has 3 rings (SSSR count). The van der Waals surface area contributed by atoms with Crippen molar-refractivity contribution in [3.05, 3.63) is 22.4 Å². The first-order chi connectivity index (χ1) is 9.22. The number of hydrogen-bond donors (Lipinski definition) is 2. The van der Waals surface area contributed by atoms with Gasteiger partial charge in [0.25, 0.3) is 0 Å². The van der Waals surface area contributed by atoms with Gasteiger partial charge in [0.1, 0.15) is 0 Å². The highest BCUT2D eigenvalue weighted by molar-refractivity contribution is 7.17. The Morgan fingerprint density at radius 2 is 2.35 bits per heavy atom. The van der Waals surface area contributed by atoms with Crippen LogP contribution >= 0.6 is 35.1 Å². The summed E-state index contributed by atoms with van der Waals surface area (Å²) in [5.74, 6) is 0.0285. The van der Waals surface area contributed by atoms with Crippen molar-refractivity contribution in [2.75, 3.05) is 11.9 Å². The highest BCUT2D eigenvalue weighted by atomic mass is 35.5. The van der Waals surface area contributed by atoms with E-state index in [9.17, 15) is 4.79 Å². The monoisotopic (exact) mass is 329 g/mol. The lowest BCUT2D eigenvalue weighted by atomic mass is 10.2. The summed E-state index contributed by atoms with van der Waals surface area (Å²) >= 11 is 3.19. The van der Waals surface area contributed by atoms with Crippen LogP contribution in [0.15, 0.2) is 17.5 Å². The van der Waals surface area contributed by atoms with E-state index in [1.807, 2.05) is 5.38 Å². The summed E-state index contributed by atoms with van der Waals surface area (Å²) in [5.41, 5.74) is 0.942. The van der Waals surface area contributed by atoms with E-state index in [1.54, 1.807) is 11.3 Å². The molecule has 2 N–H and O–H groups in total. The molecule has 0 bridgehead atoms. The van der Waals surface area contributed by atoms with E-state index >= 15 is 0 Å². The van der Waals surface area contributed by atoms with Crippen molar-refractivity contribution in [1.29, 1.82) is 0 Å². The molecule has 1 fully saturated rings. The minimum absolute atomic E-state index is 0. The lowest BCUT2D eigenvalue weighted by molar-refractivity contribution is -0.117. The zero-order valence-electron chi connectivity index (χ0n) is 11.0. The van der Waals surface area contributed by atoms with Gasteiger partial charge < -0.3 is 10.6 Å². The number of nitrogens with one attached hydrogen (secondary N) is 2. The van der Waals surface area contributed by atoms with Crippen LogP contribution in [0.4, 0.5) is 5.13 Å². The predicted octanol–water partition coefficient (Wildman–Crippen LogP) is 3.29. The first-order valence-electron chi connectivity index (χ1n) is 6.29. The molecular formula is C13H16ClN3OS2. The summed E-state index contributed by atoms with van der Waals surface area (Å²) in [5, 5.41) is 8.75. The maximum atomic E-state index is 12.0. The van der Waals surface area contributed by atoms with Gasteiger partial charge in [0.2, 0.25) is 5.91 Å². The number of thiazole rings is 1. The number of anilines is 1. The van der Waals surface area contributed by atoms with Gasteiger partial charge in [0, 0.05) is 10.3 Å². The third-order valence-corrected chi connectivity index (χ3v) is 4.88. The second kappa shape index (κ2) is 6.67. The van der Waals surface area contributed by atoms with Gasteiger partial charge in [-0.05, 0) is 38.4 Å². The second-order valence-electron chi connectivity index (χ2n) is 4.59. The van der Waals surface area contributed by atoms with Crippen molar-refractivity contribution in [2.24, 2.45) is 0 Å². The van der Waals surface area contributed by atoms with Crippen molar-refractivity contribution < 1.29 is 4.79 Å². The minimum atomic E-state index is -0.0590. The molecule has 1 aliphatic heterocycles. The van der Waals surface area contributed by atoms with Crippen molar-refractivity contribution >= 4 is 46.1 Å². The topological polar surface area (TPSA) is 54.0 Å². The van der Waals surface area contributed by atoms with Crippen LogP contribution in [0.25, 0.3) is 10.6 Å². The highest BCUT2D eigenvalue weighted by Gasteiger charge is 2.22. The molecule has 3 heterocycles. The van der Waals surface area contributed by atoms with Crippen LogP contribution in [0, 0.1) is 6.92 Å². The first kappa shape index (κ1) is 15.4. The molecule has 1 amide bonds. The summed E-state index contributed by atoms with van der Waals surface area (Å²) in [6.07, 6.45) is 1.98. The van der Waals surface area contributed by atoms with Crippen molar-refractivity contribution in [2.45, 2.75) is 25.8 Å². The molecule has 0 aromatic carbocycles. The smallest absolute Gasteiger partial charge is 0.243 e. The number of carbonyl (C=O) groups is 1. The van der Waals surface area contributed by atoms with Gasteiger partial charge in [-0.1, -0.05) is 0 Å².